The average Bonchev–Trinajstić information content (AvgIpc) is 2.83. The van der Waals surface area contributed by atoms with E-state index in [1.807, 2.05) is 0 Å². The number of aliphatic hydroxyl groups excluding tert-OH is 1. The number of amides is 1. The van der Waals surface area contributed by atoms with E-state index in [2.05, 4.69) is 31.4 Å². The molecule has 1 amide bonds. The Morgan fingerprint density at radius 2 is 1.40 bits per heavy atom. The Morgan fingerprint density at radius 1 is 0.914 bits per heavy atom. The quantitative estimate of drug-likeness (QED) is 0.176. The number of hydrogen-bond acceptors (Lipinski definition) is 5. The second-order valence-corrected chi connectivity index (χ2v) is 10.4. The van der Waals surface area contributed by atoms with Crippen molar-refractivity contribution in [1.82, 2.24) is 10.6 Å². The van der Waals surface area contributed by atoms with E-state index in [0.717, 1.165) is 38.5 Å². The first-order valence-electron chi connectivity index (χ1n) is 14.3. The molecule has 0 aromatic carbocycles. The number of hydrogen-bond donors (Lipinski definition) is 4. The van der Waals surface area contributed by atoms with Gasteiger partial charge in [0.2, 0.25) is 5.91 Å². The summed E-state index contributed by atoms with van der Waals surface area (Å²) in [7, 11) is 0. The molecule has 7 nitrogen and oxygen atoms in total. The molecule has 0 saturated carbocycles. The highest BCUT2D eigenvalue weighted by molar-refractivity contribution is 5.76. The van der Waals surface area contributed by atoms with Gasteiger partial charge < -0.3 is 25.6 Å². The van der Waals surface area contributed by atoms with Crippen molar-refractivity contribution in [2.24, 2.45) is 5.92 Å². The summed E-state index contributed by atoms with van der Waals surface area (Å²) in [5.74, 6) is -0.124. The van der Waals surface area contributed by atoms with Crippen molar-refractivity contribution in [3.8, 4) is 0 Å². The molecule has 1 heterocycles. The molecule has 0 aromatic heterocycles. The van der Waals surface area contributed by atoms with Gasteiger partial charge in [-0.15, -0.1) is 0 Å². The van der Waals surface area contributed by atoms with E-state index >= 15 is 0 Å². The summed E-state index contributed by atoms with van der Waals surface area (Å²) in [6.07, 6.45) is 17.9. The molecule has 1 aliphatic rings. The molecule has 208 valence electrons. The van der Waals surface area contributed by atoms with Crippen LogP contribution in [0.2, 0.25) is 0 Å². The van der Waals surface area contributed by atoms with Crippen molar-refractivity contribution in [3.05, 3.63) is 0 Å². The van der Waals surface area contributed by atoms with Crippen LogP contribution in [-0.2, 0) is 14.3 Å². The minimum Gasteiger partial charge on any atom is -0.479 e. The van der Waals surface area contributed by atoms with E-state index in [0.29, 0.717) is 6.42 Å². The smallest absolute Gasteiger partial charge is 0.332 e. The van der Waals surface area contributed by atoms with Gasteiger partial charge in [-0.25, -0.2) is 4.79 Å². The highest BCUT2D eigenvalue weighted by Gasteiger charge is 2.24. The van der Waals surface area contributed by atoms with Gasteiger partial charge in [-0.1, -0.05) is 97.8 Å². The fourth-order valence-electron chi connectivity index (χ4n) is 4.19. The highest BCUT2D eigenvalue weighted by atomic mass is 16.5. The molecule has 0 spiro atoms. The zero-order valence-corrected chi connectivity index (χ0v) is 23.2. The van der Waals surface area contributed by atoms with Crippen molar-refractivity contribution in [3.63, 3.8) is 0 Å². The van der Waals surface area contributed by atoms with Gasteiger partial charge in [0.05, 0.1) is 18.8 Å². The van der Waals surface area contributed by atoms with Gasteiger partial charge in [-0.05, 0) is 25.7 Å². The first-order valence-corrected chi connectivity index (χ1v) is 14.3. The number of aliphatic carboxylic acids is 1. The number of ether oxygens (including phenoxy) is 1. The number of carbonyl (C=O) groups is 2. The number of aliphatic hydroxyl groups is 1. The molecule has 1 aliphatic heterocycles. The van der Waals surface area contributed by atoms with Crippen LogP contribution in [0, 0.1) is 5.92 Å². The molecule has 0 aliphatic carbocycles. The van der Waals surface area contributed by atoms with Crippen molar-refractivity contribution in [2.45, 2.75) is 142 Å². The molecule has 0 aromatic rings. The first kappa shape index (κ1) is 33.8. The molecule has 35 heavy (non-hydrogen) atoms. The van der Waals surface area contributed by atoms with Gasteiger partial charge in [0.25, 0.3) is 0 Å². The summed E-state index contributed by atoms with van der Waals surface area (Å²) >= 11 is 0. The number of carboxylic acid groups (broad SMARTS) is 1. The van der Waals surface area contributed by atoms with Crippen LogP contribution in [0.5, 0.6) is 0 Å². The number of unbranched alkanes of at least 4 members (excludes halogenated alkanes) is 11. The molecule has 4 N–H and O–H groups in total. The number of rotatable bonds is 19. The third-order valence-electron chi connectivity index (χ3n) is 6.48. The fraction of sp³-hybridized carbons (Fsp3) is 0.929. The number of nitrogens with one attached hydrogen (secondary N) is 2. The van der Waals surface area contributed by atoms with E-state index in [1.165, 1.54) is 84.0 Å². The number of morpholine rings is 1. The van der Waals surface area contributed by atoms with Crippen molar-refractivity contribution in [2.75, 3.05) is 19.7 Å². The fourth-order valence-corrected chi connectivity index (χ4v) is 4.19. The predicted octanol–water partition coefficient (Wildman–Crippen LogP) is 5.44. The summed E-state index contributed by atoms with van der Waals surface area (Å²) in [6.45, 7) is 10.5. The molecule has 1 rings (SSSR count). The van der Waals surface area contributed by atoms with Gasteiger partial charge in [0.1, 0.15) is 6.10 Å². The molecule has 1 saturated heterocycles. The normalized spacial score (nSPS) is 17.4. The molecular formula is C28H56N2O5. The Morgan fingerprint density at radius 3 is 1.80 bits per heavy atom. The second kappa shape index (κ2) is 23.2. The van der Waals surface area contributed by atoms with Gasteiger partial charge in [0.15, 0.2) is 0 Å². The summed E-state index contributed by atoms with van der Waals surface area (Å²) < 4.78 is 5.79. The maximum atomic E-state index is 12.2. The van der Waals surface area contributed by atoms with Crippen molar-refractivity contribution in [1.29, 1.82) is 0 Å². The lowest BCUT2D eigenvalue weighted by Gasteiger charge is -2.31. The van der Waals surface area contributed by atoms with Gasteiger partial charge in [0, 0.05) is 19.5 Å². The lowest BCUT2D eigenvalue weighted by molar-refractivity contribution is -0.145. The van der Waals surface area contributed by atoms with E-state index in [4.69, 9.17) is 14.9 Å². The lowest BCUT2D eigenvalue weighted by Crippen LogP contribution is -2.51. The minimum atomic E-state index is -1.23. The Balaban J connectivity index is 0.00000170. The van der Waals surface area contributed by atoms with Crippen molar-refractivity contribution < 1.29 is 24.5 Å². The molecule has 0 bridgehead atoms. The van der Waals surface area contributed by atoms with E-state index in [-0.39, 0.29) is 18.1 Å². The summed E-state index contributed by atoms with van der Waals surface area (Å²) in [4.78, 5) is 21.7. The third kappa shape index (κ3) is 21.8. The molecular weight excluding hydrogens is 444 g/mol. The molecule has 0 radical (unpaired) electrons. The molecule has 7 heteroatoms. The van der Waals surface area contributed by atoms with Crippen LogP contribution >= 0.6 is 0 Å². The van der Waals surface area contributed by atoms with E-state index < -0.39 is 12.1 Å². The summed E-state index contributed by atoms with van der Waals surface area (Å²) in [5, 5.41) is 22.3. The van der Waals surface area contributed by atoms with Crippen LogP contribution in [0.1, 0.15) is 124 Å². The van der Waals surface area contributed by atoms with Gasteiger partial charge in [-0.3, -0.25) is 4.79 Å². The van der Waals surface area contributed by atoms with Crippen LogP contribution < -0.4 is 10.6 Å². The second-order valence-electron chi connectivity index (χ2n) is 10.4. The molecule has 3 atom stereocenters. The van der Waals surface area contributed by atoms with E-state index in [1.54, 1.807) is 0 Å². The summed E-state index contributed by atoms with van der Waals surface area (Å²) in [6, 6.07) is 0.144. The van der Waals surface area contributed by atoms with Gasteiger partial charge in [-0.2, -0.15) is 0 Å². The first-order chi connectivity index (χ1) is 16.8. The van der Waals surface area contributed by atoms with Gasteiger partial charge >= 0.3 is 5.97 Å². The Labute approximate surface area is 215 Å². The largest absolute Gasteiger partial charge is 0.479 e. The predicted molar refractivity (Wildman–Crippen MR) is 144 cm³/mol. The number of carbonyl (C=O) groups excluding carboxylic acids is 1. The highest BCUT2D eigenvalue weighted by Crippen LogP contribution is 2.14. The minimum absolute atomic E-state index is 0.123. The molecule has 3 unspecified atom stereocenters. The topological polar surface area (TPSA) is 108 Å². The SMILES string of the molecule is CC(O)C(=O)O.CCC(NC(=O)CCCCCCCCCCCCCCC(C)C)C1CNCCO1. The zero-order chi connectivity index (χ0) is 26.3. The lowest BCUT2D eigenvalue weighted by atomic mass is 10.0. The Bertz CT molecular complexity index is 508. The van der Waals surface area contributed by atoms with Crippen LogP contribution in [0.15, 0.2) is 0 Å². The van der Waals surface area contributed by atoms with Crippen molar-refractivity contribution >= 4 is 11.9 Å². The number of carboxylic acids is 1. The van der Waals surface area contributed by atoms with Crippen LogP contribution in [-0.4, -0.2) is 60.0 Å². The third-order valence-corrected chi connectivity index (χ3v) is 6.48. The van der Waals surface area contributed by atoms with Crippen LogP contribution in [0.4, 0.5) is 0 Å². The Hall–Kier alpha value is -1.18. The zero-order valence-electron chi connectivity index (χ0n) is 23.2. The maximum absolute atomic E-state index is 12.2. The van der Waals surface area contributed by atoms with Crippen LogP contribution in [0.3, 0.4) is 0 Å². The Kier molecular flexibility index (Phi) is 22.4. The van der Waals surface area contributed by atoms with E-state index in [9.17, 15) is 9.59 Å². The molecule has 1 fully saturated rings. The standard InChI is InChI=1S/C25H50N2O2.C3H6O3/c1-4-23(24-21-26-19-20-29-24)27-25(28)18-16-14-12-10-8-6-5-7-9-11-13-15-17-22(2)3;1-2(4)3(5)6/h22-24,26H,4-21H2,1-3H3,(H,27,28);2,4H,1H3,(H,5,6). The summed E-state index contributed by atoms with van der Waals surface area (Å²) in [5.41, 5.74) is 0. The maximum Gasteiger partial charge on any atom is 0.332 e. The van der Waals surface area contributed by atoms with Crippen LogP contribution in [0.25, 0.3) is 0 Å². The monoisotopic (exact) mass is 500 g/mol. The average molecular weight is 501 g/mol.